The minimum atomic E-state index is -0.385. The number of hydrogen-bond donors (Lipinski definition) is 1. The van der Waals surface area contributed by atoms with Gasteiger partial charge in [-0.3, -0.25) is 10.1 Å². The van der Waals surface area contributed by atoms with E-state index in [4.69, 9.17) is 9.47 Å². The van der Waals surface area contributed by atoms with Crippen LogP contribution in [0.4, 0.5) is 0 Å². The fourth-order valence-electron chi connectivity index (χ4n) is 2.93. The van der Waals surface area contributed by atoms with Gasteiger partial charge < -0.3 is 9.47 Å². The highest BCUT2D eigenvalue weighted by Gasteiger charge is 2.32. The van der Waals surface area contributed by atoms with Gasteiger partial charge in [-0.15, -0.1) is 0 Å². The molecule has 3 rings (SSSR count). The van der Waals surface area contributed by atoms with E-state index in [0.29, 0.717) is 0 Å². The number of para-hydroxylation sites is 2. The van der Waals surface area contributed by atoms with Crippen molar-refractivity contribution in [1.29, 1.82) is 0 Å². The van der Waals surface area contributed by atoms with Crippen molar-refractivity contribution in [3.05, 3.63) is 59.7 Å². The maximum atomic E-state index is 12.1. The zero-order chi connectivity index (χ0) is 16.4. The van der Waals surface area contributed by atoms with Gasteiger partial charge in [0.05, 0.1) is 13.2 Å². The van der Waals surface area contributed by atoms with Crippen molar-refractivity contribution in [3.63, 3.8) is 0 Å². The highest BCUT2D eigenvalue weighted by molar-refractivity contribution is 5.76. The lowest BCUT2D eigenvalue weighted by Crippen LogP contribution is -2.44. The Morgan fingerprint density at radius 2 is 1.57 bits per heavy atom. The monoisotopic (exact) mass is 311 g/mol. The van der Waals surface area contributed by atoms with Crippen molar-refractivity contribution in [2.75, 3.05) is 7.11 Å². The van der Waals surface area contributed by atoms with Crippen molar-refractivity contribution in [1.82, 2.24) is 5.32 Å². The minimum Gasteiger partial charge on any atom is -0.468 e. The molecular weight excluding hydrogens is 290 g/mol. The van der Waals surface area contributed by atoms with Gasteiger partial charge in [0.25, 0.3) is 0 Å². The van der Waals surface area contributed by atoms with Gasteiger partial charge in [-0.1, -0.05) is 50.2 Å². The van der Waals surface area contributed by atoms with Crippen LogP contribution in [-0.4, -0.2) is 19.1 Å². The lowest BCUT2D eigenvalue weighted by Gasteiger charge is -2.32. The van der Waals surface area contributed by atoms with E-state index in [1.807, 2.05) is 62.4 Å². The molecular formula is C19H21NO3. The quantitative estimate of drug-likeness (QED) is 0.875. The van der Waals surface area contributed by atoms with Crippen molar-refractivity contribution >= 4 is 5.97 Å². The summed E-state index contributed by atoms with van der Waals surface area (Å²) in [5.74, 6) is 1.50. The molecule has 0 aliphatic carbocycles. The molecule has 1 heterocycles. The van der Waals surface area contributed by atoms with Gasteiger partial charge in [0.1, 0.15) is 17.5 Å². The summed E-state index contributed by atoms with van der Waals surface area (Å²) >= 11 is 0. The van der Waals surface area contributed by atoms with Crippen LogP contribution < -0.4 is 10.1 Å². The summed E-state index contributed by atoms with van der Waals surface area (Å²) in [6, 6.07) is 15.3. The minimum absolute atomic E-state index is 0.109. The number of hydrogen-bond acceptors (Lipinski definition) is 4. The van der Waals surface area contributed by atoms with Crippen LogP contribution in [-0.2, 0) is 9.53 Å². The normalized spacial score (nSPS) is 14.6. The summed E-state index contributed by atoms with van der Waals surface area (Å²) in [6.07, 6.45) is 0. The maximum absolute atomic E-state index is 12.1. The van der Waals surface area contributed by atoms with Crippen molar-refractivity contribution in [2.45, 2.75) is 25.9 Å². The lowest BCUT2D eigenvalue weighted by molar-refractivity contribution is -0.144. The van der Waals surface area contributed by atoms with Crippen molar-refractivity contribution < 1.29 is 14.3 Å². The Kier molecular flexibility index (Phi) is 4.35. The summed E-state index contributed by atoms with van der Waals surface area (Å²) < 4.78 is 10.9. The first-order valence-corrected chi connectivity index (χ1v) is 7.81. The summed E-state index contributed by atoms with van der Waals surface area (Å²) in [7, 11) is 1.42. The van der Waals surface area contributed by atoms with Crippen LogP contribution in [0.15, 0.2) is 48.5 Å². The number of esters is 1. The molecule has 120 valence electrons. The fraction of sp³-hybridized carbons (Fsp3) is 0.316. The maximum Gasteiger partial charge on any atom is 0.323 e. The molecule has 4 heteroatoms. The summed E-state index contributed by atoms with van der Waals surface area (Å²) in [6.45, 7) is 4.01. The van der Waals surface area contributed by atoms with Gasteiger partial charge in [-0.05, 0) is 18.1 Å². The molecule has 4 nitrogen and oxygen atoms in total. The molecule has 2 aromatic rings. The van der Waals surface area contributed by atoms with Gasteiger partial charge >= 0.3 is 5.97 Å². The molecule has 0 radical (unpaired) electrons. The summed E-state index contributed by atoms with van der Waals surface area (Å²) in [5.41, 5.74) is 2.06. The van der Waals surface area contributed by atoms with Gasteiger partial charge in [-0.25, -0.2) is 0 Å². The second kappa shape index (κ2) is 6.42. The second-order valence-electron chi connectivity index (χ2n) is 6.02. The topological polar surface area (TPSA) is 47.6 Å². The number of methoxy groups -OCH3 is 1. The van der Waals surface area contributed by atoms with Crippen LogP contribution in [0.5, 0.6) is 11.5 Å². The Morgan fingerprint density at radius 3 is 2.04 bits per heavy atom. The number of rotatable bonds is 4. The van der Waals surface area contributed by atoms with Gasteiger partial charge in [0.2, 0.25) is 0 Å². The summed E-state index contributed by atoms with van der Waals surface area (Å²) in [5, 5.41) is 3.46. The SMILES string of the molecule is COC(=O)[C@@H](NC1c2ccccc2Oc2ccccc21)C(C)C. The summed E-state index contributed by atoms with van der Waals surface area (Å²) in [4.78, 5) is 12.1. The second-order valence-corrected chi connectivity index (χ2v) is 6.02. The molecule has 0 amide bonds. The number of carbonyl (C=O) groups is 1. The molecule has 1 aliphatic heterocycles. The van der Waals surface area contributed by atoms with E-state index in [-0.39, 0.29) is 24.0 Å². The highest BCUT2D eigenvalue weighted by Crippen LogP contribution is 2.42. The van der Waals surface area contributed by atoms with E-state index in [0.717, 1.165) is 22.6 Å². The Hall–Kier alpha value is -2.33. The smallest absolute Gasteiger partial charge is 0.323 e. The number of benzene rings is 2. The average molecular weight is 311 g/mol. The van der Waals surface area contributed by atoms with Crippen LogP contribution in [0.1, 0.15) is 31.0 Å². The van der Waals surface area contributed by atoms with Crippen molar-refractivity contribution in [2.24, 2.45) is 5.92 Å². The molecule has 0 aromatic heterocycles. The average Bonchev–Trinajstić information content (AvgIpc) is 2.57. The van der Waals surface area contributed by atoms with Gasteiger partial charge in [-0.2, -0.15) is 0 Å². The standard InChI is InChI=1S/C19H21NO3/c1-12(2)17(19(21)22-3)20-18-13-8-4-6-10-15(13)23-16-11-7-5-9-14(16)18/h4-12,17-18,20H,1-3H3/t17-/m0/s1. The van der Waals surface area contributed by atoms with E-state index in [1.54, 1.807) is 0 Å². The molecule has 1 N–H and O–H groups in total. The molecule has 0 bridgehead atoms. The van der Waals surface area contributed by atoms with E-state index >= 15 is 0 Å². The molecule has 1 atom stereocenters. The predicted molar refractivity (Wildman–Crippen MR) is 88.6 cm³/mol. The Bertz CT molecular complexity index is 666. The van der Waals surface area contributed by atoms with E-state index in [1.165, 1.54) is 7.11 Å². The largest absolute Gasteiger partial charge is 0.468 e. The molecule has 0 saturated heterocycles. The molecule has 0 unspecified atom stereocenters. The first-order valence-electron chi connectivity index (χ1n) is 7.81. The number of fused-ring (bicyclic) bond motifs is 2. The van der Waals surface area contributed by atoms with Crippen LogP contribution in [0, 0.1) is 5.92 Å². The van der Waals surface area contributed by atoms with Crippen LogP contribution in [0.3, 0.4) is 0 Å². The fourth-order valence-corrected chi connectivity index (χ4v) is 2.93. The van der Waals surface area contributed by atoms with E-state index in [2.05, 4.69) is 5.32 Å². The van der Waals surface area contributed by atoms with Crippen molar-refractivity contribution in [3.8, 4) is 11.5 Å². The van der Waals surface area contributed by atoms with Crippen LogP contribution in [0.2, 0.25) is 0 Å². The predicted octanol–water partition coefficient (Wildman–Crippen LogP) is 3.67. The molecule has 23 heavy (non-hydrogen) atoms. The van der Waals surface area contributed by atoms with E-state index < -0.39 is 0 Å². The molecule has 0 saturated carbocycles. The highest BCUT2D eigenvalue weighted by atomic mass is 16.5. The molecule has 2 aromatic carbocycles. The molecule has 1 aliphatic rings. The number of carbonyl (C=O) groups excluding carboxylic acids is 1. The Balaban J connectivity index is 2.02. The number of ether oxygens (including phenoxy) is 2. The zero-order valence-corrected chi connectivity index (χ0v) is 13.6. The van der Waals surface area contributed by atoms with Gasteiger partial charge in [0.15, 0.2) is 0 Å². The van der Waals surface area contributed by atoms with Crippen LogP contribution in [0.25, 0.3) is 0 Å². The Morgan fingerprint density at radius 1 is 1.04 bits per heavy atom. The zero-order valence-electron chi connectivity index (χ0n) is 13.6. The Labute approximate surface area is 136 Å². The first kappa shape index (κ1) is 15.6. The third kappa shape index (κ3) is 2.94. The number of nitrogens with one attached hydrogen (secondary N) is 1. The van der Waals surface area contributed by atoms with Crippen LogP contribution >= 0.6 is 0 Å². The third-order valence-corrected chi connectivity index (χ3v) is 4.15. The van der Waals surface area contributed by atoms with Gasteiger partial charge in [0, 0.05) is 11.1 Å². The third-order valence-electron chi connectivity index (χ3n) is 4.15. The lowest BCUT2D eigenvalue weighted by atomic mass is 9.92. The van der Waals surface area contributed by atoms with E-state index in [9.17, 15) is 4.79 Å². The molecule has 0 fully saturated rings. The first-order chi connectivity index (χ1) is 11.1. The molecule has 0 spiro atoms.